The fourth-order valence-electron chi connectivity index (χ4n) is 3.09. The molecule has 2 aromatic carbocycles. The Hall–Kier alpha value is -3.11. The van der Waals surface area contributed by atoms with Crippen LogP contribution >= 0.6 is 0 Å². The van der Waals surface area contributed by atoms with Gasteiger partial charge in [-0.05, 0) is 36.8 Å². The largest absolute Gasteiger partial charge is 0.454 e. The number of esters is 1. The molecule has 1 heterocycles. The zero-order valence-corrected chi connectivity index (χ0v) is 18.5. The van der Waals surface area contributed by atoms with Crippen molar-refractivity contribution in [3.05, 3.63) is 59.9 Å². The van der Waals surface area contributed by atoms with Gasteiger partial charge in [-0.2, -0.15) is 0 Å². The molecular formula is C22H24FN3O5S. The van der Waals surface area contributed by atoms with E-state index in [1.807, 2.05) is 36.8 Å². The van der Waals surface area contributed by atoms with Crippen LogP contribution in [0.15, 0.2) is 53.5 Å². The summed E-state index contributed by atoms with van der Waals surface area (Å²) in [6.45, 7) is 4.23. The van der Waals surface area contributed by atoms with E-state index in [-0.39, 0.29) is 30.3 Å². The topological polar surface area (TPSA) is 108 Å². The summed E-state index contributed by atoms with van der Waals surface area (Å²) < 4.78 is 41.1. The first kappa shape index (κ1) is 23.6. The minimum Gasteiger partial charge on any atom is -0.454 e. The normalized spacial score (nSPS) is 16.1. The number of ether oxygens (including phenoxy) is 1. The molecule has 1 aliphatic heterocycles. The predicted octanol–water partition coefficient (Wildman–Crippen LogP) is 3.56. The van der Waals surface area contributed by atoms with Crippen LogP contribution in [0.5, 0.6) is 0 Å². The molecule has 2 unspecified atom stereocenters. The van der Waals surface area contributed by atoms with Crippen molar-refractivity contribution in [3.63, 3.8) is 0 Å². The number of amides is 1. The number of hydrogen-bond donors (Lipinski definition) is 2. The van der Waals surface area contributed by atoms with Crippen LogP contribution in [0.4, 0.5) is 15.8 Å². The molecule has 0 aliphatic carbocycles. The van der Waals surface area contributed by atoms with Crippen LogP contribution < -0.4 is 4.72 Å². The van der Waals surface area contributed by atoms with Gasteiger partial charge in [-0.3, -0.25) is 14.1 Å². The smallest absolute Gasteiger partial charge is 0.353 e. The SMILES string of the molecule is CCC(C)C(=Nc1ccccc1)C(=O)OC1CN(C(=O)c2ccc(NS(=O)O)c(F)c2)C1. The number of aliphatic imine (C=N–C) groups is 1. The number of nitrogens with one attached hydrogen (secondary N) is 1. The van der Waals surface area contributed by atoms with Crippen LogP contribution in [-0.2, 0) is 20.8 Å². The van der Waals surface area contributed by atoms with Gasteiger partial charge in [-0.25, -0.2) is 18.4 Å². The highest BCUT2D eigenvalue weighted by atomic mass is 32.2. The molecule has 0 bridgehead atoms. The van der Waals surface area contributed by atoms with Crippen LogP contribution in [-0.4, -0.2) is 50.4 Å². The molecule has 2 N–H and O–H groups in total. The average Bonchev–Trinajstić information content (AvgIpc) is 2.75. The molecular weight excluding hydrogens is 437 g/mol. The average molecular weight is 462 g/mol. The van der Waals surface area contributed by atoms with E-state index in [1.165, 1.54) is 17.0 Å². The lowest BCUT2D eigenvalue weighted by molar-refractivity contribution is -0.147. The van der Waals surface area contributed by atoms with E-state index in [0.29, 0.717) is 11.4 Å². The number of rotatable bonds is 8. The van der Waals surface area contributed by atoms with E-state index >= 15 is 0 Å². The molecule has 1 fully saturated rings. The molecule has 170 valence electrons. The molecule has 8 nitrogen and oxygen atoms in total. The number of likely N-dealkylation sites (tertiary alicyclic amines) is 1. The third-order valence-corrected chi connectivity index (χ3v) is 5.51. The maximum absolute atomic E-state index is 14.0. The van der Waals surface area contributed by atoms with Crippen LogP contribution in [0.2, 0.25) is 0 Å². The highest BCUT2D eigenvalue weighted by Crippen LogP contribution is 2.22. The Balaban J connectivity index is 1.60. The van der Waals surface area contributed by atoms with Gasteiger partial charge in [0.1, 0.15) is 17.6 Å². The van der Waals surface area contributed by atoms with Crippen molar-refractivity contribution < 1.29 is 27.5 Å². The Kier molecular flexibility index (Phi) is 7.70. The fourth-order valence-corrected chi connectivity index (χ4v) is 3.44. The maximum atomic E-state index is 14.0. The quantitative estimate of drug-likeness (QED) is 0.355. The monoisotopic (exact) mass is 461 g/mol. The van der Waals surface area contributed by atoms with Crippen LogP contribution in [0.3, 0.4) is 0 Å². The number of halogens is 1. The van der Waals surface area contributed by atoms with E-state index in [2.05, 4.69) is 4.99 Å². The molecule has 0 aromatic heterocycles. The first-order valence-corrected chi connectivity index (χ1v) is 11.2. The van der Waals surface area contributed by atoms with Gasteiger partial charge in [0.15, 0.2) is 0 Å². The molecule has 2 atom stereocenters. The van der Waals surface area contributed by atoms with Crippen molar-refractivity contribution in [3.8, 4) is 0 Å². The van der Waals surface area contributed by atoms with Gasteiger partial charge in [0.25, 0.3) is 17.2 Å². The number of carbonyl (C=O) groups is 2. The summed E-state index contributed by atoms with van der Waals surface area (Å²) in [6.07, 6.45) is 0.246. The fraction of sp³-hybridized carbons (Fsp3) is 0.318. The summed E-state index contributed by atoms with van der Waals surface area (Å²) in [5.41, 5.74) is 0.894. The van der Waals surface area contributed by atoms with Crippen molar-refractivity contribution in [2.45, 2.75) is 26.4 Å². The Morgan fingerprint density at radius 2 is 1.97 bits per heavy atom. The van der Waals surface area contributed by atoms with Gasteiger partial charge in [0.05, 0.1) is 24.5 Å². The number of anilines is 1. The second-order valence-corrected chi connectivity index (χ2v) is 8.13. The standard InChI is InChI=1S/C22H24FN3O5S/c1-3-14(2)20(24-16-7-5-4-6-8-16)22(28)31-17-12-26(13-17)21(27)15-9-10-19(18(23)11-15)25-32(29)30/h4-11,14,17,25H,3,12-13H2,1-2H3,(H,29,30). The highest BCUT2D eigenvalue weighted by Gasteiger charge is 2.35. The lowest BCUT2D eigenvalue weighted by Gasteiger charge is -2.38. The van der Waals surface area contributed by atoms with E-state index in [4.69, 9.17) is 9.29 Å². The number of hydrogen-bond acceptors (Lipinski definition) is 5. The third-order valence-electron chi connectivity index (χ3n) is 5.12. The molecule has 0 spiro atoms. The molecule has 0 radical (unpaired) electrons. The van der Waals surface area contributed by atoms with Gasteiger partial charge in [-0.1, -0.05) is 32.0 Å². The van der Waals surface area contributed by atoms with Crippen LogP contribution in [0.1, 0.15) is 30.6 Å². The highest BCUT2D eigenvalue weighted by molar-refractivity contribution is 7.80. The minimum atomic E-state index is -2.42. The second-order valence-electron chi connectivity index (χ2n) is 7.43. The van der Waals surface area contributed by atoms with Gasteiger partial charge in [0.2, 0.25) is 0 Å². The molecule has 1 amide bonds. The summed E-state index contributed by atoms with van der Waals surface area (Å²) >= 11 is -2.42. The van der Waals surface area contributed by atoms with Gasteiger partial charge in [-0.15, -0.1) is 0 Å². The van der Waals surface area contributed by atoms with Gasteiger partial charge < -0.3 is 9.64 Å². The van der Waals surface area contributed by atoms with E-state index < -0.39 is 35.1 Å². The summed E-state index contributed by atoms with van der Waals surface area (Å²) in [4.78, 5) is 31.1. The maximum Gasteiger partial charge on any atom is 0.353 e. The molecule has 1 aliphatic rings. The Bertz CT molecular complexity index is 1040. The van der Waals surface area contributed by atoms with Crippen molar-refractivity contribution >= 4 is 40.2 Å². The molecule has 32 heavy (non-hydrogen) atoms. The zero-order chi connectivity index (χ0) is 23.3. The first-order valence-electron chi connectivity index (χ1n) is 10.1. The predicted molar refractivity (Wildman–Crippen MR) is 120 cm³/mol. The Morgan fingerprint density at radius 1 is 1.28 bits per heavy atom. The van der Waals surface area contributed by atoms with Gasteiger partial charge in [0, 0.05) is 11.5 Å². The number of benzene rings is 2. The summed E-state index contributed by atoms with van der Waals surface area (Å²) in [7, 11) is 0. The summed E-state index contributed by atoms with van der Waals surface area (Å²) in [5.74, 6) is -1.85. The first-order chi connectivity index (χ1) is 15.3. The molecule has 0 saturated carbocycles. The van der Waals surface area contributed by atoms with E-state index in [9.17, 15) is 18.2 Å². The second kappa shape index (κ2) is 10.5. The number of carbonyl (C=O) groups excluding carboxylic acids is 2. The van der Waals surface area contributed by atoms with Crippen molar-refractivity contribution in [2.24, 2.45) is 10.9 Å². The molecule has 10 heteroatoms. The summed E-state index contributed by atoms with van der Waals surface area (Å²) in [6, 6.07) is 12.7. The Morgan fingerprint density at radius 3 is 2.56 bits per heavy atom. The number of nitrogens with zero attached hydrogens (tertiary/aromatic N) is 2. The third kappa shape index (κ3) is 5.77. The number of para-hydroxylation sites is 1. The summed E-state index contributed by atoms with van der Waals surface area (Å²) in [5, 5.41) is 0. The molecule has 2 aromatic rings. The molecule has 3 rings (SSSR count). The zero-order valence-electron chi connectivity index (χ0n) is 17.7. The van der Waals surface area contributed by atoms with E-state index in [1.54, 1.807) is 12.1 Å². The van der Waals surface area contributed by atoms with Crippen molar-refractivity contribution in [2.75, 3.05) is 17.8 Å². The minimum absolute atomic E-state index is 0.0903. The van der Waals surface area contributed by atoms with Gasteiger partial charge >= 0.3 is 5.97 Å². The Labute approximate surface area is 187 Å². The lowest BCUT2D eigenvalue weighted by atomic mass is 10.0. The van der Waals surface area contributed by atoms with E-state index in [0.717, 1.165) is 12.5 Å². The van der Waals surface area contributed by atoms with Crippen molar-refractivity contribution in [1.29, 1.82) is 0 Å². The van der Waals surface area contributed by atoms with Crippen LogP contribution in [0.25, 0.3) is 0 Å². The van der Waals surface area contributed by atoms with Crippen LogP contribution in [0, 0.1) is 11.7 Å². The van der Waals surface area contributed by atoms with Crippen molar-refractivity contribution in [1.82, 2.24) is 4.90 Å². The molecule has 1 saturated heterocycles. The lowest BCUT2D eigenvalue weighted by Crippen LogP contribution is -2.55.